The summed E-state index contributed by atoms with van der Waals surface area (Å²) in [6, 6.07) is 68.5. The molecule has 0 saturated heterocycles. The number of para-hydroxylation sites is 3. The largest absolute Gasteiger partial charge is 0.455 e. The molecule has 4 aliphatic rings. The Kier molecular flexibility index (Phi) is 6.98. The van der Waals surface area contributed by atoms with Crippen molar-refractivity contribution in [3.8, 4) is 11.1 Å². The Morgan fingerprint density at radius 3 is 1.55 bits per heavy atom. The third kappa shape index (κ3) is 4.33. The van der Waals surface area contributed by atoms with E-state index in [2.05, 4.69) is 233 Å². The molecular weight excluding hydrogens is 789 g/mol. The molecule has 5 heterocycles. The molecule has 10 aromatic rings. The molecule has 0 fully saturated rings. The Labute approximate surface area is 380 Å². The molecule has 1 aliphatic carbocycles. The van der Waals surface area contributed by atoms with Crippen LogP contribution in [0.25, 0.3) is 33.1 Å². The van der Waals surface area contributed by atoms with Crippen LogP contribution in [-0.4, -0.2) is 0 Å². The fourth-order valence-corrected chi connectivity index (χ4v) is 13.3. The van der Waals surface area contributed by atoms with Crippen molar-refractivity contribution in [2.24, 2.45) is 0 Å². The van der Waals surface area contributed by atoms with E-state index in [0.29, 0.717) is 0 Å². The molecule has 0 N–H and O–H groups in total. The summed E-state index contributed by atoms with van der Waals surface area (Å²) in [5, 5.41) is 2.41. The summed E-state index contributed by atoms with van der Waals surface area (Å²) in [7, 11) is 0. The number of rotatable bonds is 5. The summed E-state index contributed by atoms with van der Waals surface area (Å²) in [6.45, 7) is 14.6. The maximum atomic E-state index is 6.63. The van der Waals surface area contributed by atoms with E-state index in [1.807, 2.05) is 0 Å². The molecule has 0 spiro atoms. The summed E-state index contributed by atoms with van der Waals surface area (Å²) < 4.78 is 6.63. The van der Waals surface area contributed by atoms with Crippen LogP contribution in [0.2, 0.25) is 0 Å². The van der Waals surface area contributed by atoms with E-state index in [1.165, 1.54) is 100 Å². The van der Waals surface area contributed by atoms with E-state index in [0.717, 1.165) is 22.5 Å². The van der Waals surface area contributed by atoms with Crippen LogP contribution >= 0.6 is 0 Å². The molecule has 3 nitrogen and oxygen atoms in total. The third-order valence-electron chi connectivity index (χ3n) is 16.2. The normalized spacial score (nSPS) is 16.9. The highest BCUT2D eigenvalue weighted by Crippen LogP contribution is 2.69. The van der Waals surface area contributed by atoms with E-state index in [-0.39, 0.29) is 10.8 Å². The van der Waals surface area contributed by atoms with Crippen LogP contribution in [0.15, 0.2) is 186 Å². The highest BCUT2D eigenvalue weighted by Gasteiger charge is 2.56. The highest BCUT2D eigenvalue weighted by molar-refractivity contribution is 6.18. The van der Waals surface area contributed by atoms with Gasteiger partial charge in [-0.25, -0.2) is 0 Å². The SMILES string of the molecule is CC1(C)c2cccc3c2N2c4c(cccc4C3(c3ccccc3)c3ccccc3)C(C)(C)c3c(N(c4ccccc4)c4ccc5c(c4)C(C)(C)c4c-5c5oc4c4ccccc54)ccc1c32. The van der Waals surface area contributed by atoms with Gasteiger partial charge in [0.2, 0.25) is 0 Å². The van der Waals surface area contributed by atoms with Crippen LogP contribution in [-0.2, 0) is 21.7 Å². The zero-order chi connectivity index (χ0) is 43.8. The van der Waals surface area contributed by atoms with Gasteiger partial charge in [-0.1, -0.05) is 193 Å². The molecule has 65 heavy (non-hydrogen) atoms. The molecular formula is C62H48N2O. The average molecular weight is 837 g/mol. The van der Waals surface area contributed by atoms with Gasteiger partial charge >= 0.3 is 0 Å². The molecule has 2 bridgehead atoms. The van der Waals surface area contributed by atoms with Gasteiger partial charge in [0.15, 0.2) is 0 Å². The lowest BCUT2D eigenvalue weighted by atomic mass is 9.56. The van der Waals surface area contributed by atoms with Crippen molar-refractivity contribution in [3.63, 3.8) is 0 Å². The summed E-state index contributed by atoms with van der Waals surface area (Å²) in [4.78, 5) is 5.25. The van der Waals surface area contributed by atoms with E-state index in [9.17, 15) is 0 Å². The number of furan rings is 2. The number of hydrogen-bond acceptors (Lipinski definition) is 3. The monoisotopic (exact) mass is 836 g/mol. The summed E-state index contributed by atoms with van der Waals surface area (Å²) in [5.41, 5.74) is 23.8. The van der Waals surface area contributed by atoms with E-state index < -0.39 is 10.8 Å². The first-order chi connectivity index (χ1) is 31.6. The van der Waals surface area contributed by atoms with Crippen LogP contribution in [0.1, 0.15) is 97.2 Å². The lowest BCUT2D eigenvalue weighted by Crippen LogP contribution is -2.46. The second kappa shape index (κ2) is 12.3. The van der Waals surface area contributed by atoms with Gasteiger partial charge in [-0.15, -0.1) is 0 Å². The second-order valence-corrected chi connectivity index (χ2v) is 20.4. The van der Waals surface area contributed by atoms with Gasteiger partial charge in [0.05, 0.1) is 28.2 Å². The lowest BCUT2D eigenvalue weighted by Gasteiger charge is -2.56. The molecule has 3 aliphatic heterocycles. The van der Waals surface area contributed by atoms with Crippen molar-refractivity contribution < 1.29 is 4.42 Å². The van der Waals surface area contributed by atoms with Crippen molar-refractivity contribution in [2.75, 3.05) is 9.80 Å². The lowest BCUT2D eigenvalue weighted by molar-refractivity contribution is 0.583. The Morgan fingerprint density at radius 1 is 0.400 bits per heavy atom. The molecule has 0 radical (unpaired) electrons. The zero-order valence-corrected chi connectivity index (χ0v) is 37.6. The average Bonchev–Trinajstić information content (AvgIpc) is 3.98. The minimum absolute atomic E-state index is 0.256. The van der Waals surface area contributed by atoms with E-state index in [4.69, 9.17) is 4.42 Å². The molecule has 0 saturated carbocycles. The van der Waals surface area contributed by atoms with Crippen LogP contribution in [0.3, 0.4) is 0 Å². The van der Waals surface area contributed by atoms with Crippen molar-refractivity contribution in [1.82, 2.24) is 0 Å². The fourth-order valence-electron chi connectivity index (χ4n) is 13.3. The second-order valence-electron chi connectivity index (χ2n) is 20.4. The van der Waals surface area contributed by atoms with Gasteiger partial charge in [0.25, 0.3) is 0 Å². The van der Waals surface area contributed by atoms with Crippen LogP contribution in [0, 0.1) is 0 Å². The van der Waals surface area contributed by atoms with Crippen molar-refractivity contribution in [1.29, 1.82) is 0 Å². The molecule has 0 amide bonds. The number of hydrogen-bond donors (Lipinski definition) is 0. The molecule has 3 heteroatoms. The first kappa shape index (κ1) is 37.1. The molecule has 8 aromatic carbocycles. The molecule has 0 unspecified atom stereocenters. The Bertz CT molecular complexity index is 3570. The van der Waals surface area contributed by atoms with Crippen LogP contribution in [0.4, 0.5) is 34.1 Å². The van der Waals surface area contributed by atoms with Crippen LogP contribution in [0.5, 0.6) is 0 Å². The van der Waals surface area contributed by atoms with Gasteiger partial charge < -0.3 is 14.2 Å². The smallest absolute Gasteiger partial charge is 0.143 e. The Balaban J connectivity index is 1.06. The van der Waals surface area contributed by atoms with Gasteiger partial charge in [0.1, 0.15) is 11.2 Å². The maximum absolute atomic E-state index is 6.63. The molecule has 312 valence electrons. The van der Waals surface area contributed by atoms with Gasteiger partial charge in [-0.2, -0.15) is 0 Å². The summed E-state index contributed by atoms with van der Waals surface area (Å²) in [5.74, 6) is 0. The predicted octanol–water partition coefficient (Wildman–Crippen LogP) is 16.2. The fraction of sp³-hybridized carbons (Fsp3) is 0.161. The molecule has 0 atom stereocenters. The van der Waals surface area contributed by atoms with Crippen molar-refractivity contribution in [2.45, 2.75) is 63.2 Å². The minimum Gasteiger partial charge on any atom is -0.455 e. The summed E-state index contributed by atoms with van der Waals surface area (Å²) >= 11 is 0. The maximum Gasteiger partial charge on any atom is 0.143 e. The number of nitrogens with zero attached hydrogens (tertiary/aromatic N) is 2. The standard InChI is InChI=1S/C62H48N2O/c1-59(2)44-28-18-30-47-54(44)64-55-45(29-19-31-48(55)62(47,37-20-10-7-11-21-37)38-22-12-8-13-23-38)60(3,4)52-50(35-34-46(59)56(52)64)63(39-24-14-9-15-25-39)40-32-33-43-49(36-40)61(5,6)53-51(43)57-41-26-16-17-27-42(41)58(53)65-57/h7-36H,1-6H3. The minimum atomic E-state index is -0.543. The van der Waals surface area contributed by atoms with Gasteiger partial charge in [0, 0.05) is 55.1 Å². The summed E-state index contributed by atoms with van der Waals surface area (Å²) in [6.07, 6.45) is 0. The Hall–Kier alpha value is -7.36. The van der Waals surface area contributed by atoms with Crippen molar-refractivity contribution >= 4 is 56.1 Å². The Morgan fingerprint density at radius 2 is 0.923 bits per heavy atom. The van der Waals surface area contributed by atoms with Gasteiger partial charge in [-0.05, 0) is 80.4 Å². The van der Waals surface area contributed by atoms with E-state index in [1.54, 1.807) is 0 Å². The van der Waals surface area contributed by atoms with Crippen molar-refractivity contribution in [3.05, 3.63) is 238 Å². The first-order valence-electron chi connectivity index (χ1n) is 23.2. The zero-order valence-electron chi connectivity index (χ0n) is 37.6. The first-order valence-corrected chi connectivity index (χ1v) is 23.2. The quantitative estimate of drug-likeness (QED) is 0.172. The molecule has 2 aromatic heterocycles. The van der Waals surface area contributed by atoms with E-state index >= 15 is 0 Å². The number of anilines is 6. The third-order valence-corrected chi connectivity index (χ3v) is 16.2. The van der Waals surface area contributed by atoms with Gasteiger partial charge in [-0.3, -0.25) is 0 Å². The van der Waals surface area contributed by atoms with Crippen LogP contribution < -0.4 is 9.80 Å². The topological polar surface area (TPSA) is 19.6 Å². The number of benzene rings is 9. The number of fused-ring (bicyclic) bond motifs is 10. The highest BCUT2D eigenvalue weighted by atomic mass is 16.3. The molecule has 14 rings (SSSR count). The predicted molar refractivity (Wildman–Crippen MR) is 268 cm³/mol.